The minimum Gasteiger partial charge on any atom is -0.440 e. The fourth-order valence-electron chi connectivity index (χ4n) is 2.06. The van der Waals surface area contributed by atoms with Crippen LogP contribution in [0.4, 0.5) is 4.39 Å². The molecule has 1 aliphatic heterocycles. The number of aromatic nitrogens is 1. The standard InChI is InChI=1S/C13H15BFNO3/c1-12(2)13(3,4)19-14(18-12)8-5-9(15)11-10(6-8)16-7-17-11/h5-7H,1-4H3. The molecule has 2 heterocycles. The summed E-state index contributed by atoms with van der Waals surface area (Å²) in [6, 6.07) is 3.10. The zero-order valence-electron chi connectivity index (χ0n) is 11.4. The topological polar surface area (TPSA) is 44.5 Å². The summed E-state index contributed by atoms with van der Waals surface area (Å²) in [4.78, 5) is 3.97. The van der Waals surface area contributed by atoms with E-state index in [0.717, 1.165) is 0 Å². The Balaban J connectivity index is 2.02. The van der Waals surface area contributed by atoms with Gasteiger partial charge < -0.3 is 13.7 Å². The van der Waals surface area contributed by atoms with Gasteiger partial charge in [0.2, 0.25) is 0 Å². The molecule has 1 fully saturated rings. The number of nitrogens with zero attached hydrogens (tertiary/aromatic N) is 1. The van der Waals surface area contributed by atoms with E-state index in [9.17, 15) is 4.39 Å². The Hall–Kier alpha value is -1.40. The van der Waals surface area contributed by atoms with Crippen LogP contribution in [-0.4, -0.2) is 23.3 Å². The first-order valence-electron chi connectivity index (χ1n) is 6.18. The van der Waals surface area contributed by atoms with E-state index >= 15 is 0 Å². The van der Waals surface area contributed by atoms with Crippen LogP contribution in [0.3, 0.4) is 0 Å². The number of hydrogen-bond donors (Lipinski definition) is 0. The molecule has 0 amide bonds. The molecule has 4 nitrogen and oxygen atoms in total. The quantitative estimate of drug-likeness (QED) is 0.740. The number of benzene rings is 1. The normalized spacial score (nSPS) is 21.2. The van der Waals surface area contributed by atoms with Gasteiger partial charge in [0, 0.05) is 0 Å². The zero-order chi connectivity index (χ0) is 13.8. The van der Waals surface area contributed by atoms with Crippen molar-refractivity contribution < 1.29 is 18.1 Å². The average molecular weight is 263 g/mol. The molecule has 1 aromatic carbocycles. The van der Waals surface area contributed by atoms with E-state index < -0.39 is 24.1 Å². The Labute approximate surface area is 111 Å². The van der Waals surface area contributed by atoms with Crippen molar-refractivity contribution in [2.75, 3.05) is 0 Å². The summed E-state index contributed by atoms with van der Waals surface area (Å²) in [5.41, 5.74) is 0.322. The van der Waals surface area contributed by atoms with E-state index in [1.807, 2.05) is 27.7 Å². The Bertz CT molecular complexity index is 622. The van der Waals surface area contributed by atoms with Crippen molar-refractivity contribution in [3.8, 4) is 0 Å². The van der Waals surface area contributed by atoms with Crippen LogP contribution in [0.1, 0.15) is 27.7 Å². The van der Waals surface area contributed by atoms with E-state index in [4.69, 9.17) is 13.7 Å². The summed E-state index contributed by atoms with van der Waals surface area (Å²) in [6.45, 7) is 7.83. The van der Waals surface area contributed by atoms with E-state index in [2.05, 4.69) is 4.98 Å². The number of hydrogen-bond acceptors (Lipinski definition) is 4. The fraction of sp³-hybridized carbons (Fsp3) is 0.462. The molecule has 1 aromatic heterocycles. The lowest BCUT2D eigenvalue weighted by molar-refractivity contribution is 0.00578. The van der Waals surface area contributed by atoms with Crippen molar-refractivity contribution in [2.24, 2.45) is 0 Å². The molecule has 3 rings (SSSR count). The third-order valence-corrected chi connectivity index (χ3v) is 3.93. The smallest absolute Gasteiger partial charge is 0.440 e. The van der Waals surface area contributed by atoms with Crippen LogP contribution in [0.2, 0.25) is 0 Å². The van der Waals surface area contributed by atoms with Gasteiger partial charge in [0.1, 0.15) is 5.52 Å². The number of halogens is 1. The molecule has 0 spiro atoms. The molecule has 1 saturated heterocycles. The van der Waals surface area contributed by atoms with Crippen molar-refractivity contribution >= 4 is 23.7 Å². The van der Waals surface area contributed by atoms with Crippen molar-refractivity contribution in [1.29, 1.82) is 0 Å². The van der Waals surface area contributed by atoms with Crippen LogP contribution in [0.15, 0.2) is 22.9 Å². The van der Waals surface area contributed by atoms with E-state index in [1.54, 1.807) is 6.07 Å². The molecule has 0 atom stereocenters. The van der Waals surface area contributed by atoms with Crippen LogP contribution >= 0.6 is 0 Å². The van der Waals surface area contributed by atoms with Crippen LogP contribution in [0.25, 0.3) is 11.1 Å². The Kier molecular flexibility index (Phi) is 2.53. The monoisotopic (exact) mass is 263 g/mol. The van der Waals surface area contributed by atoms with Gasteiger partial charge in [-0.15, -0.1) is 0 Å². The highest BCUT2D eigenvalue weighted by molar-refractivity contribution is 6.62. The maximum absolute atomic E-state index is 13.9. The maximum Gasteiger partial charge on any atom is 0.495 e. The Morgan fingerprint density at radius 1 is 1.11 bits per heavy atom. The Morgan fingerprint density at radius 2 is 1.74 bits per heavy atom. The molecule has 0 radical (unpaired) electrons. The van der Waals surface area contributed by atoms with Gasteiger partial charge in [-0.1, -0.05) is 0 Å². The molecule has 6 heteroatoms. The van der Waals surface area contributed by atoms with Gasteiger partial charge in [-0.3, -0.25) is 0 Å². The summed E-state index contributed by atoms with van der Waals surface area (Å²) in [5.74, 6) is -0.459. The van der Waals surface area contributed by atoms with Crippen LogP contribution in [0, 0.1) is 5.82 Å². The lowest BCUT2D eigenvalue weighted by Gasteiger charge is -2.32. The molecule has 19 heavy (non-hydrogen) atoms. The summed E-state index contributed by atoms with van der Waals surface area (Å²) >= 11 is 0. The number of oxazole rings is 1. The minimum absolute atomic E-state index is 0.153. The van der Waals surface area contributed by atoms with Crippen LogP contribution in [0.5, 0.6) is 0 Å². The molecule has 0 unspecified atom stereocenters. The molecule has 0 saturated carbocycles. The summed E-state index contributed by atoms with van der Waals surface area (Å²) in [6.07, 6.45) is 1.22. The first kappa shape index (κ1) is 12.6. The van der Waals surface area contributed by atoms with E-state index in [0.29, 0.717) is 11.0 Å². The van der Waals surface area contributed by atoms with E-state index in [1.165, 1.54) is 12.5 Å². The molecule has 0 aliphatic carbocycles. The first-order chi connectivity index (χ1) is 8.80. The second-order valence-corrected chi connectivity index (χ2v) is 5.79. The van der Waals surface area contributed by atoms with Crippen molar-refractivity contribution in [2.45, 2.75) is 38.9 Å². The van der Waals surface area contributed by atoms with E-state index in [-0.39, 0.29) is 5.58 Å². The number of rotatable bonds is 1. The van der Waals surface area contributed by atoms with Crippen molar-refractivity contribution in [3.05, 3.63) is 24.3 Å². The largest absolute Gasteiger partial charge is 0.495 e. The SMILES string of the molecule is CC1(C)OB(c2cc(F)c3ocnc3c2)OC1(C)C. The van der Waals surface area contributed by atoms with Gasteiger partial charge in [0.05, 0.1) is 11.2 Å². The second kappa shape index (κ2) is 3.80. The van der Waals surface area contributed by atoms with Gasteiger partial charge in [0.15, 0.2) is 17.8 Å². The highest BCUT2D eigenvalue weighted by atomic mass is 19.1. The highest BCUT2D eigenvalue weighted by Gasteiger charge is 2.51. The van der Waals surface area contributed by atoms with Gasteiger partial charge in [-0.2, -0.15) is 0 Å². The summed E-state index contributed by atoms with van der Waals surface area (Å²) in [7, 11) is -0.597. The van der Waals surface area contributed by atoms with Gasteiger partial charge in [0.25, 0.3) is 0 Å². The van der Waals surface area contributed by atoms with Gasteiger partial charge >= 0.3 is 7.12 Å². The third-order valence-electron chi connectivity index (χ3n) is 3.93. The molecule has 0 N–H and O–H groups in total. The third kappa shape index (κ3) is 1.86. The maximum atomic E-state index is 13.9. The Morgan fingerprint density at radius 3 is 2.37 bits per heavy atom. The van der Waals surface area contributed by atoms with Crippen LogP contribution in [-0.2, 0) is 9.31 Å². The van der Waals surface area contributed by atoms with Gasteiger partial charge in [-0.25, -0.2) is 9.37 Å². The molecular formula is C13H15BFNO3. The average Bonchev–Trinajstić information content (AvgIpc) is 2.82. The molecule has 100 valence electrons. The molecular weight excluding hydrogens is 248 g/mol. The zero-order valence-corrected chi connectivity index (χ0v) is 11.4. The lowest BCUT2D eigenvalue weighted by Crippen LogP contribution is -2.41. The summed E-state index contributed by atoms with van der Waals surface area (Å²) < 4.78 is 30.6. The lowest BCUT2D eigenvalue weighted by atomic mass is 9.79. The first-order valence-corrected chi connectivity index (χ1v) is 6.18. The molecule has 0 bridgehead atoms. The van der Waals surface area contributed by atoms with Crippen LogP contribution < -0.4 is 5.46 Å². The minimum atomic E-state index is -0.597. The van der Waals surface area contributed by atoms with Crippen molar-refractivity contribution in [1.82, 2.24) is 4.98 Å². The predicted octanol–water partition coefficient (Wildman–Crippen LogP) is 2.27. The van der Waals surface area contributed by atoms with Gasteiger partial charge in [-0.05, 0) is 45.3 Å². The van der Waals surface area contributed by atoms with Crippen molar-refractivity contribution in [3.63, 3.8) is 0 Å². The highest BCUT2D eigenvalue weighted by Crippen LogP contribution is 2.36. The fourth-order valence-corrected chi connectivity index (χ4v) is 2.06. The molecule has 1 aliphatic rings. The predicted molar refractivity (Wildman–Crippen MR) is 69.7 cm³/mol. The molecule has 2 aromatic rings. The summed E-state index contributed by atoms with van der Waals surface area (Å²) in [5, 5.41) is 0. The number of fused-ring (bicyclic) bond motifs is 1. The second-order valence-electron chi connectivity index (χ2n) is 5.79.